The third kappa shape index (κ3) is 4.76. The molecule has 0 aromatic heterocycles. The van der Waals surface area contributed by atoms with Crippen molar-refractivity contribution in [2.75, 3.05) is 20.0 Å². The van der Waals surface area contributed by atoms with E-state index in [1.54, 1.807) is 12.1 Å². The summed E-state index contributed by atoms with van der Waals surface area (Å²) < 4.78 is 10.3. The van der Waals surface area contributed by atoms with Gasteiger partial charge < -0.3 is 19.5 Å². The Bertz CT molecular complexity index is 287. The first-order valence-electron chi connectivity index (χ1n) is 5.34. The van der Waals surface area contributed by atoms with E-state index in [0.717, 1.165) is 12.0 Å². The molecule has 5 heteroatoms. The average molecular weight is 224 g/mol. The highest BCUT2D eigenvalue weighted by Gasteiger charge is 2.09. The van der Waals surface area contributed by atoms with Crippen LogP contribution in [0.5, 0.6) is 0 Å². The van der Waals surface area contributed by atoms with Crippen molar-refractivity contribution in [3.05, 3.63) is 29.8 Å². The van der Waals surface area contributed by atoms with Gasteiger partial charge in [0.1, 0.15) is 6.79 Å². The van der Waals surface area contributed by atoms with Crippen LogP contribution >= 0.6 is 0 Å². The van der Waals surface area contributed by atoms with Gasteiger partial charge in [0.05, 0.1) is 6.61 Å². The molecule has 1 aromatic carbocycles. The molecule has 0 aliphatic rings. The quantitative estimate of drug-likeness (QED) is 0.386. The summed E-state index contributed by atoms with van der Waals surface area (Å²) >= 11 is 0. The predicted molar refractivity (Wildman–Crippen MR) is 62.4 cm³/mol. The normalized spacial score (nSPS) is 10.4. The maximum atomic E-state index is 8.90. The monoisotopic (exact) mass is 224 g/mol. The van der Waals surface area contributed by atoms with Gasteiger partial charge in [-0.25, -0.2) is 0 Å². The average Bonchev–Trinajstić information content (AvgIpc) is 2.29. The molecule has 0 radical (unpaired) electrons. The molecule has 4 nitrogen and oxygen atoms in total. The maximum absolute atomic E-state index is 8.90. The largest absolute Gasteiger partial charge is 0.488 e. The van der Waals surface area contributed by atoms with Crippen LogP contribution in [0.2, 0.25) is 0 Å². The van der Waals surface area contributed by atoms with Gasteiger partial charge in [0.25, 0.3) is 0 Å². The van der Waals surface area contributed by atoms with Crippen molar-refractivity contribution in [3.63, 3.8) is 0 Å². The zero-order chi connectivity index (χ0) is 11.8. The van der Waals surface area contributed by atoms with Crippen LogP contribution < -0.4 is 5.46 Å². The molecule has 1 rings (SSSR count). The van der Waals surface area contributed by atoms with Crippen molar-refractivity contribution in [1.82, 2.24) is 0 Å². The lowest BCUT2D eigenvalue weighted by Gasteiger charge is -2.05. The van der Waals surface area contributed by atoms with Crippen LogP contribution in [0.15, 0.2) is 24.3 Å². The fourth-order valence-corrected chi connectivity index (χ4v) is 1.25. The number of rotatable bonds is 7. The Hall–Kier alpha value is -0.875. The molecule has 0 amide bonds. The van der Waals surface area contributed by atoms with Gasteiger partial charge in [0.15, 0.2) is 0 Å². The Kier molecular flexibility index (Phi) is 6.11. The third-order valence-corrected chi connectivity index (χ3v) is 2.18. The standard InChI is InChI=1S/C11H17BO4/c1-2-15-9-16-8-7-10-3-5-11(6-4-10)12(13)14/h3-6,13-14H,2,7-9H2,1H3. The molecule has 0 bridgehead atoms. The molecular formula is C11H17BO4. The SMILES string of the molecule is CCOCOCCc1ccc(B(O)O)cc1. The summed E-state index contributed by atoms with van der Waals surface area (Å²) in [6.45, 7) is 3.50. The molecule has 0 aliphatic heterocycles. The van der Waals surface area contributed by atoms with Crippen molar-refractivity contribution in [2.45, 2.75) is 13.3 Å². The summed E-state index contributed by atoms with van der Waals surface area (Å²) in [5.41, 5.74) is 1.60. The minimum absolute atomic E-state index is 0.323. The molecule has 0 aliphatic carbocycles. The first-order valence-corrected chi connectivity index (χ1v) is 5.34. The van der Waals surface area contributed by atoms with E-state index < -0.39 is 7.12 Å². The Morgan fingerprint density at radius 2 is 1.81 bits per heavy atom. The van der Waals surface area contributed by atoms with Crippen LogP contribution in [-0.4, -0.2) is 37.2 Å². The molecule has 0 saturated carbocycles. The second-order valence-electron chi connectivity index (χ2n) is 3.38. The Balaban J connectivity index is 2.27. The third-order valence-electron chi connectivity index (χ3n) is 2.18. The number of hydrogen-bond donors (Lipinski definition) is 2. The first-order chi connectivity index (χ1) is 7.74. The smallest absolute Gasteiger partial charge is 0.423 e. The summed E-state index contributed by atoms with van der Waals surface area (Å²) in [7, 11) is -1.40. The Morgan fingerprint density at radius 1 is 1.12 bits per heavy atom. The highest BCUT2D eigenvalue weighted by Crippen LogP contribution is 1.99. The fourth-order valence-electron chi connectivity index (χ4n) is 1.25. The molecular weight excluding hydrogens is 207 g/mol. The lowest BCUT2D eigenvalue weighted by atomic mass is 9.80. The molecule has 0 unspecified atom stereocenters. The van der Waals surface area contributed by atoms with Gasteiger partial charge >= 0.3 is 7.12 Å². The Morgan fingerprint density at radius 3 is 2.38 bits per heavy atom. The summed E-state index contributed by atoms with van der Waals surface area (Å²) in [4.78, 5) is 0. The van der Waals surface area contributed by atoms with Crippen molar-refractivity contribution in [3.8, 4) is 0 Å². The summed E-state index contributed by atoms with van der Waals surface area (Å²) in [5, 5.41) is 17.8. The van der Waals surface area contributed by atoms with Gasteiger partial charge in [0.2, 0.25) is 0 Å². The summed E-state index contributed by atoms with van der Waals surface area (Å²) in [6.07, 6.45) is 0.787. The van der Waals surface area contributed by atoms with Gasteiger partial charge in [-0.1, -0.05) is 24.3 Å². The van der Waals surface area contributed by atoms with E-state index >= 15 is 0 Å². The highest BCUT2D eigenvalue weighted by molar-refractivity contribution is 6.58. The number of hydrogen-bond acceptors (Lipinski definition) is 4. The van der Waals surface area contributed by atoms with E-state index in [0.29, 0.717) is 25.5 Å². The van der Waals surface area contributed by atoms with Gasteiger partial charge in [-0.3, -0.25) is 0 Å². The second kappa shape index (κ2) is 7.41. The van der Waals surface area contributed by atoms with Crippen molar-refractivity contribution in [1.29, 1.82) is 0 Å². The molecule has 0 saturated heterocycles. The number of benzene rings is 1. The Labute approximate surface area is 96.0 Å². The van der Waals surface area contributed by atoms with E-state index in [2.05, 4.69) is 0 Å². The zero-order valence-corrected chi connectivity index (χ0v) is 9.43. The predicted octanol–water partition coefficient (Wildman–Crippen LogP) is -0.0805. The molecule has 0 atom stereocenters. The fraction of sp³-hybridized carbons (Fsp3) is 0.455. The van der Waals surface area contributed by atoms with Crippen LogP contribution in [0.25, 0.3) is 0 Å². The zero-order valence-electron chi connectivity index (χ0n) is 9.43. The van der Waals surface area contributed by atoms with Gasteiger partial charge in [-0.15, -0.1) is 0 Å². The van der Waals surface area contributed by atoms with Crippen LogP contribution in [-0.2, 0) is 15.9 Å². The van der Waals surface area contributed by atoms with Crippen LogP contribution in [0.1, 0.15) is 12.5 Å². The van der Waals surface area contributed by atoms with Crippen molar-refractivity contribution in [2.24, 2.45) is 0 Å². The van der Waals surface area contributed by atoms with Gasteiger partial charge in [0, 0.05) is 6.61 Å². The molecule has 0 spiro atoms. The second-order valence-corrected chi connectivity index (χ2v) is 3.38. The molecule has 0 heterocycles. The summed E-state index contributed by atoms with van der Waals surface area (Å²) in [6, 6.07) is 7.11. The van der Waals surface area contributed by atoms with E-state index in [4.69, 9.17) is 19.5 Å². The summed E-state index contributed by atoms with van der Waals surface area (Å²) in [5.74, 6) is 0. The minimum Gasteiger partial charge on any atom is -0.423 e. The van der Waals surface area contributed by atoms with E-state index in [1.165, 1.54) is 0 Å². The molecule has 2 N–H and O–H groups in total. The van der Waals surface area contributed by atoms with E-state index in [9.17, 15) is 0 Å². The molecule has 0 fully saturated rings. The minimum atomic E-state index is -1.40. The van der Waals surface area contributed by atoms with E-state index in [1.807, 2.05) is 19.1 Å². The molecule has 1 aromatic rings. The number of ether oxygens (including phenoxy) is 2. The van der Waals surface area contributed by atoms with Gasteiger partial charge in [-0.05, 0) is 24.4 Å². The van der Waals surface area contributed by atoms with Crippen molar-refractivity contribution < 1.29 is 19.5 Å². The lowest BCUT2D eigenvalue weighted by molar-refractivity contribution is -0.0481. The van der Waals surface area contributed by atoms with Gasteiger partial charge in [-0.2, -0.15) is 0 Å². The van der Waals surface area contributed by atoms with Crippen LogP contribution in [0, 0.1) is 0 Å². The topological polar surface area (TPSA) is 58.9 Å². The molecule has 16 heavy (non-hydrogen) atoms. The van der Waals surface area contributed by atoms with Crippen LogP contribution in [0.3, 0.4) is 0 Å². The van der Waals surface area contributed by atoms with Crippen molar-refractivity contribution >= 4 is 12.6 Å². The highest BCUT2D eigenvalue weighted by atomic mass is 16.7. The van der Waals surface area contributed by atoms with Crippen LogP contribution in [0.4, 0.5) is 0 Å². The lowest BCUT2D eigenvalue weighted by Crippen LogP contribution is -2.29. The maximum Gasteiger partial charge on any atom is 0.488 e. The van der Waals surface area contributed by atoms with E-state index in [-0.39, 0.29) is 0 Å². The molecule has 88 valence electrons. The first kappa shape index (κ1) is 13.2.